The summed E-state index contributed by atoms with van der Waals surface area (Å²) in [4.78, 5) is 5.36. The normalized spacial score (nSPS) is 12.7. The number of pyridine rings is 1. The van der Waals surface area contributed by atoms with Crippen LogP contribution in [0.1, 0.15) is 22.3 Å². The van der Waals surface area contributed by atoms with Crippen LogP contribution in [0.4, 0.5) is 0 Å². The van der Waals surface area contributed by atoms with Crippen molar-refractivity contribution in [1.29, 1.82) is 0 Å². The summed E-state index contributed by atoms with van der Waals surface area (Å²) in [5.41, 5.74) is 16.0. The number of benzene rings is 8. The van der Waals surface area contributed by atoms with E-state index in [4.69, 9.17) is 4.98 Å². The average molecular weight is 674 g/mol. The van der Waals surface area contributed by atoms with E-state index in [-0.39, 0.29) is 0 Å². The fourth-order valence-corrected chi connectivity index (χ4v) is 8.63. The molecule has 1 aliphatic carbocycles. The van der Waals surface area contributed by atoms with Gasteiger partial charge in [0.1, 0.15) is 0 Å². The number of hydrogen-bond acceptors (Lipinski definition) is 1. The van der Waals surface area contributed by atoms with Gasteiger partial charge in [-0.25, -0.2) is 4.98 Å². The quantitative estimate of drug-likeness (QED) is 0.171. The molecule has 9 aromatic rings. The van der Waals surface area contributed by atoms with Crippen molar-refractivity contribution in [3.8, 4) is 55.9 Å². The fraction of sp³-hybridized carbons (Fsp3) is 0.0192. The predicted molar refractivity (Wildman–Crippen MR) is 221 cm³/mol. The summed E-state index contributed by atoms with van der Waals surface area (Å²) in [5, 5.41) is 2.49. The standard InChI is InChI=1S/C52H35N/c1-5-18-36(19-6-1)38-23-17-24-40(32-38)49-35-41(34-48(53-49)37-20-7-2-8-21-37)46-33-39-22-13-14-29-44(39)51-50(46)45-30-15-16-31-47(45)52(51,42-25-9-3-10-26-42)43-27-11-4-12-28-43/h1-35H. The maximum absolute atomic E-state index is 5.36. The second kappa shape index (κ2) is 12.7. The molecule has 1 aliphatic rings. The Kier molecular flexibility index (Phi) is 7.44. The van der Waals surface area contributed by atoms with E-state index in [1.54, 1.807) is 0 Å². The number of rotatable bonds is 6. The highest BCUT2D eigenvalue weighted by molar-refractivity contribution is 6.07. The average Bonchev–Trinajstić information content (AvgIpc) is 3.57. The summed E-state index contributed by atoms with van der Waals surface area (Å²) < 4.78 is 0. The van der Waals surface area contributed by atoms with Gasteiger partial charge in [-0.15, -0.1) is 0 Å². The first-order valence-electron chi connectivity index (χ1n) is 18.3. The number of hydrogen-bond donors (Lipinski definition) is 0. The third-order valence-electron chi connectivity index (χ3n) is 10.9. The Morgan fingerprint density at radius 1 is 0.340 bits per heavy atom. The largest absolute Gasteiger partial charge is 0.248 e. The summed E-state index contributed by atoms with van der Waals surface area (Å²) in [6, 6.07) is 77.1. The van der Waals surface area contributed by atoms with Gasteiger partial charge in [0.05, 0.1) is 16.8 Å². The molecule has 0 saturated carbocycles. The monoisotopic (exact) mass is 673 g/mol. The molecule has 248 valence electrons. The van der Waals surface area contributed by atoms with Gasteiger partial charge in [-0.1, -0.05) is 188 Å². The van der Waals surface area contributed by atoms with Crippen LogP contribution in [0.5, 0.6) is 0 Å². The zero-order valence-electron chi connectivity index (χ0n) is 29.2. The summed E-state index contributed by atoms with van der Waals surface area (Å²) in [6.45, 7) is 0. The first-order chi connectivity index (χ1) is 26.3. The molecule has 0 unspecified atom stereocenters. The van der Waals surface area contributed by atoms with Gasteiger partial charge in [-0.3, -0.25) is 0 Å². The van der Waals surface area contributed by atoms with Crippen LogP contribution < -0.4 is 0 Å². The highest BCUT2D eigenvalue weighted by Crippen LogP contribution is 2.60. The molecular formula is C52H35N. The summed E-state index contributed by atoms with van der Waals surface area (Å²) in [7, 11) is 0. The van der Waals surface area contributed by atoms with Gasteiger partial charge < -0.3 is 0 Å². The van der Waals surface area contributed by atoms with Crippen LogP contribution in [0.3, 0.4) is 0 Å². The Labute approximate surface area is 310 Å². The number of fused-ring (bicyclic) bond motifs is 5. The lowest BCUT2D eigenvalue weighted by molar-refractivity contribution is 0.775. The van der Waals surface area contributed by atoms with Crippen molar-refractivity contribution in [3.63, 3.8) is 0 Å². The van der Waals surface area contributed by atoms with E-state index in [0.29, 0.717) is 0 Å². The molecular weight excluding hydrogens is 639 g/mol. The summed E-state index contributed by atoms with van der Waals surface area (Å²) in [6.07, 6.45) is 0. The molecule has 0 aliphatic heterocycles. The Hall–Kier alpha value is -6.83. The minimum atomic E-state index is -0.522. The molecule has 1 aromatic heterocycles. The van der Waals surface area contributed by atoms with Crippen LogP contribution in [0.25, 0.3) is 66.7 Å². The van der Waals surface area contributed by atoms with Gasteiger partial charge in [0.15, 0.2) is 0 Å². The van der Waals surface area contributed by atoms with Crippen LogP contribution in [0.2, 0.25) is 0 Å². The van der Waals surface area contributed by atoms with E-state index < -0.39 is 5.41 Å². The second-order valence-electron chi connectivity index (χ2n) is 13.9. The van der Waals surface area contributed by atoms with Crippen LogP contribution in [-0.2, 0) is 5.41 Å². The van der Waals surface area contributed by atoms with Gasteiger partial charge in [0.25, 0.3) is 0 Å². The highest BCUT2D eigenvalue weighted by Gasteiger charge is 2.48. The van der Waals surface area contributed by atoms with Crippen LogP contribution in [0.15, 0.2) is 212 Å². The van der Waals surface area contributed by atoms with E-state index in [1.165, 1.54) is 60.8 Å². The molecule has 0 fully saturated rings. The van der Waals surface area contributed by atoms with Crippen LogP contribution >= 0.6 is 0 Å². The molecule has 53 heavy (non-hydrogen) atoms. The second-order valence-corrected chi connectivity index (χ2v) is 13.9. The SMILES string of the molecule is c1ccc(-c2cccc(-c3cc(-c4cc5ccccc5c5c4-c4ccccc4C5(c4ccccc4)c4ccccc4)cc(-c4ccccc4)n3)c2)cc1. The van der Waals surface area contributed by atoms with Crippen molar-refractivity contribution in [3.05, 3.63) is 235 Å². The van der Waals surface area contributed by atoms with Crippen LogP contribution in [0, 0.1) is 0 Å². The maximum atomic E-state index is 5.36. The van der Waals surface area contributed by atoms with Gasteiger partial charge in [0.2, 0.25) is 0 Å². The lowest BCUT2D eigenvalue weighted by atomic mass is 9.66. The first-order valence-corrected chi connectivity index (χ1v) is 18.3. The molecule has 0 radical (unpaired) electrons. The van der Waals surface area contributed by atoms with Gasteiger partial charge >= 0.3 is 0 Å². The maximum Gasteiger partial charge on any atom is 0.0719 e. The molecule has 8 aromatic carbocycles. The third-order valence-corrected chi connectivity index (χ3v) is 10.9. The topological polar surface area (TPSA) is 12.9 Å². The van der Waals surface area contributed by atoms with Crippen molar-refractivity contribution in [2.75, 3.05) is 0 Å². The molecule has 0 N–H and O–H groups in total. The molecule has 0 bridgehead atoms. The molecule has 1 heteroatoms. The molecule has 10 rings (SSSR count). The van der Waals surface area contributed by atoms with E-state index in [0.717, 1.165) is 28.1 Å². The Balaban J connectivity index is 1.31. The van der Waals surface area contributed by atoms with E-state index in [2.05, 4.69) is 212 Å². The van der Waals surface area contributed by atoms with E-state index in [1.807, 2.05) is 0 Å². The fourth-order valence-electron chi connectivity index (χ4n) is 8.63. The molecule has 0 spiro atoms. The lowest BCUT2D eigenvalue weighted by Crippen LogP contribution is -2.28. The van der Waals surface area contributed by atoms with Gasteiger partial charge in [-0.2, -0.15) is 0 Å². The number of nitrogens with zero attached hydrogens (tertiary/aromatic N) is 1. The highest BCUT2D eigenvalue weighted by atomic mass is 14.7. The first kappa shape index (κ1) is 30.9. The Morgan fingerprint density at radius 2 is 0.868 bits per heavy atom. The van der Waals surface area contributed by atoms with Crippen LogP contribution in [-0.4, -0.2) is 4.98 Å². The van der Waals surface area contributed by atoms with Crippen molar-refractivity contribution >= 4 is 10.8 Å². The molecule has 0 amide bonds. The van der Waals surface area contributed by atoms with Crippen molar-refractivity contribution < 1.29 is 0 Å². The third kappa shape index (κ3) is 5.05. The van der Waals surface area contributed by atoms with Gasteiger partial charge in [0, 0.05) is 11.1 Å². The molecule has 1 heterocycles. The van der Waals surface area contributed by atoms with Gasteiger partial charge in [-0.05, 0) is 90.7 Å². The minimum absolute atomic E-state index is 0.522. The Bertz CT molecular complexity index is 2710. The van der Waals surface area contributed by atoms with Crippen molar-refractivity contribution in [2.45, 2.75) is 5.41 Å². The minimum Gasteiger partial charge on any atom is -0.248 e. The lowest BCUT2D eigenvalue weighted by Gasteiger charge is -2.35. The molecule has 0 atom stereocenters. The Morgan fingerprint density at radius 3 is 1.57 bits per heavy atom. The van der Waals surface area contributed by atoms with Crippen molar-refractivity contribution in [2.24, 2.45) is 0 Å². The molecule has 1 nitrogen and oxygen atoms in total. The van der Waals surface area contributed by atoms with E-state index in [9.17, 15) is 0 Å². The zero-order valence-corrected chi connectivity index (χ0v) is 29.2. The molecule has 0 saturated heterocycles. The number of aromatic nitrogens is 1. The van der Waals surface area contributed by atoms with Crippen molar-refractivity contribution in [1.82, 2.24) is 4.98 Å². The zero-order chi connectivity index (χ0) is 35.2. The van der Waals surface area contributed by atoms with E-state index >= 15 is 0 Å². The predicted octanol–water partition coefficient (Wildman–Crippen LogP) is 13.3. The summed E-state index contributed by atoms with van der Waals surface area (Å²) >= 11 is 0. The summed E-state index contributed by atoms with van der Waals surface area (Å²) in [5.74, 6) is 0. The smallest absolute Gasteiger partial charge is 0.0719 e.